The number of hydrogen-bond donors (Lipinski definition) is 3. The van der Waals surface area contributed by atoms with E-state index in [1.807, 2.05) is 30.4 Å². The molecule has 2 aliphatic carbocycles. The summed E-state index contributed by atoms with van der Waals surface area (Å²) in [5.41, 5.74) is 13.7. The third-order valence-corrected chi connectivity index (χ3v) is 7.57. The minimum atomic E-state index is -3.24. The molecule has 2 aliphatic rings. The number of guanidine groups is 1. The normalized spacial score (nSPS) is 19.9. The van der Waals surface area contributed by atoms with E-state index in [0.717, 1.165) is 35.4 Å². The number of aromatic nitrogens is 1. The van der Waals surface area contributed by atoms with Crippen LogP contribution in [0.25, 0.3) is 0 Å². The first-order chi connectivity index (χ1) is 16.7. The highest BCUT2D eigenvalue weighted by molar-refractivity contribution is 7.94. The summed E-state index contributed by atoms with van der Waals surface area (Å²) in [7, 11) is -3.24. The van der Waals surface area contributed by atoms with Crippen molar-refractivity contribution in [1.82, 2.24) is 4.98 Å². The largest absolute Gasteiger partial charge is 0.370 e. The van der Waals surface area contributed by atoms with Crippen LogP contribution in [0.15, 0.2) is 63.7 Å². The number of nitrogens with one attached hydrogen (secondary N) is 1. The summed E-state index contributed by atoms with van der Waals surface area (Å²) in [5, 5.41) is 3.22. The van der Waals surface area contributed by atoms with Crippen LogP contribution < -0.4 is 16.8 Å². The molecule has 1 aromatic rings. The molecular formula is C25H29N5O3S2. The number of aryl methyl sites for hydroxylation is 2. The number of anilines is 1. The zero-order valence-corrected chi connectivity index (χ0v) is 21.2. The number of aliphatic imine (C=N–C) groups is 1. The van der Waals surface area contributed by atoms with Crippen LogP contribution in [0, 0.1) is 17.8 Å². The van der Waals surface area contributed by atoms with Crippen molar-refractivity contribution in [3.63, 3.8) is 0 Å². The Bertz CT molecular complexity index is 1300. The summed E-state index contributed by atoms with van der Waals surface area (Å²) in [6.45, 7) is 0. The van der Waals surface area contributed by atoms with Crippen LogP contribution in [0.3, 0.4) is 0 Å². The predicted molar refractivity (Wildman–Crippen MR) is 142 cm³/mol. The van der Waals surface area contributed by atoms with Crippen molar-refractivity contribution in [3.8, 4) is 11.8 Å². The highest BCUT2D eigenvalue weighted by Gasteiger charge is 2.15. The summed E-state index contributed by atoms with van der Waals surface area (Å²) in [6, 6.07) is 0. The van der Waals surface area contributed by atoms with E-state index in [9.17, 15) is 13.2 Å². The Balaban J connectivity index is 1.70. The molecule has 0 spiro atoms. The highest BCUT2D eigenvalue weighted by Crippen LogP contribution is 2.28. The Morgan fingerprint density at radius 2 is 2.11 bits per heavy atom. The van der Waals surface area contributed by atoms with Crippen LogP contribution in [0.1, 0.15) is 36.3 Å². The summed E-state index contributed by atoms with van der Waals surface area (Å²) in [5.74, 6) is 6.44. The van der Waals surface area contributed by atoms with Gasteiger partial charge in [-0.25, -0.2) is 18.4 Å². The maximum absolute atomic E-state index is 11.8. The van der Waals surface area contributed by atoms with Gasteiger partial charge >= 0.3 is 0 Å². The minimum absolute atomic E-state index is 0.00983. The van der Waals surface area contributed by atoms with Gasteiger partial charge < -0.3 is 16.8 Å². The van der Waals surface area contributed by atoms with Crippen molar-refractivity contribution in [3.05, 3.63) is 69.3 Å². The smallest absolute Gasteiger partial charge is 0.213 e. The molecule has 1 unspecified atom stereocenters. The molecule has 184 valence electrons. The average Bonchev–Trinajstić information content (AvgIpc) is 2.99. The molecule has 5 N–H and O–H groups in total. The molecule has 1 heterocycles. The lowest BCUT2D eigenvalue weighted by Crippen LogP contribution is -2.22. The van der Waals surface area contributed by atoms with Crippen LogP contribution in [0.4, 0.5) is 5.13 Å². The van der Waals surface area contributed by atoms with Crippen molar-refractivity contribution in [1.29, 1.82) is 0 Å². The van der Waals surface area contributed by atoms with Gasteiger partial charge in [-0.1, -0.05) is 35.6 Å². The van der Waals surface area contributed by atoms with Gasteiger partial charge in [-0.05, 0) is 56.4 Å². The first-order valence-electron chi connectivity index (χ1n) is 11.2. The van der Waals surface area contributed by atoms with Gasteiger partial charge in [0.25, 0.3) is 0 Å². The number of nitrogens with zero attached hydrogens (tertiary/aromatic N) is 2. The van der Waals surface area contributed by atoms with Crippen LogP contribution in [0.5, 0.6) is 0 Å². The van der Waals surface area contributed by atoms with Crippen molar-refractivity contribution in [2.45, 2.75) is 38.5 Å². The van der Waals surface area contributed by atoms with Crippen molar-refractivity contribution in [2.75, 3.05) is 11.6 Å². The van der Waals surface area contributed by atoms with E-state index in [1.165, 1.54) is 17.6 Å². The number of sulfone groups is 1. The number of nitrogens with two attached hydrogens (primary N) is 2. The molecule has 1 atom stereocenters. The third kappa shape index (κ3) is 8.38. The van der Waals surface area contributed by atoms with Gasteiger partial charge in [0.05, 0.1) is 16.3 Å². The molecule has 8 nitrogen and oxygen atoms in total. The fourth-order valence-electron chi connectivity index (χ4n) is 3.61. The number of carbonyl (C=O) groups is 1. The molecule has 3 rings (SSSR count). The standard InChI is InChI=1S/C25H29N5O3S2/c1-35(32,33)21-8-4-6-19(10-14-21)12-16-23-22(30-25(34-23)28-17-31)15-11-18-5-2-3-7-20(13-9-18)29-24(26)27/h4,7-10,13-14,17-18H,3,6,11-12,15-16H2,1H3,(H4,26,27,29)(H,28,30,31)/b13-9-,20-7+. The van der Waals surface area contributed by atoms with E-state index in [2.05, 4.69) is 27.1 Å². The number of allylic oxidation sites excluding steroid dienone is 8. The topological polar surface area (TPSA) is 141 Å². The van der Waals surface area contributed by atoms with E-state index >= 15 is 0 Å². The molecule has 0 fully saturated rings. The van der Waals surface area contributed by atoms with Crippen LogP contribution >= 0.6 is 11.3 Å². The van der Waals surface area contributed by atoms with Crippen molar-refractivity contribution in [2.24, 2.45) is 22.4 Å². The average molecular weight is 512 g/mol. The van der Waals surface area contributed by atoms with Crippen molar-refractivity contribution >= 4 is 38.7 Å². The monoisotopic (exact) mass is 511 g/mol. The van der Waals surface area contributed by atoms with Crippen LogP contribution in [-0.4, -0.2) is 32.0 Å². The second kappa shape index (κ2) is 12.3. The lowest BCUT2D eigenvalue weighted by Gasteiger charge is -2.08. The second-order valence-electron chi connectivity index (χ2n) is 8.12. The minimum Gasteiger partial charge on any atom is -0.370 e. The Morgan fingerprint density at radius 1 is 1.29 bits per heavy atom. The van der Waals surface area contributed by atoms with E-state index in [4.69, 9.17) is 11.5 Å². The molecule has 0 radical (unpaired) electrons. The van der Waals surface area contributed by atoms with Gasteiger partial charge in [0, 0.05) is 23.5 Å². The third-order valence-electron chi connectivity index (χ3n) is 5.36. The highest BCUT2D eigenvalue weighted by atomic mass is 32.2. The summed E-state index contributed by atoms with van der Waals surface area (Å²) in [4.78, 5) is 21.1. The predicted octanol–water partition coefficient (Wildman–Crippen LogP) is 3.13. The molecular weight excluding hydrogens is 482 g/mol. The number of rotatable bonds is 10. The van der Waals surface area contributed by atoms with Crippen LogP contribution in [-0.2, 0) is 27.5 Å². The van der Waals surface area contributed by atoms with Crippen molar-refractivity contribution < 1.29 is 13.2 Å². The molecule has 10 heteroatoms. The quantitative estimate of drug-likeness (QED) is 0.191. The van der Waals surface area contributed by atoms with E-state index < -0.39 is 9.84 Å². The van der Waals surface area contributed by atoms with Crippen LogP contribution in [0.2, 0.25) is 0 Å². The van der Waals surface area contributed by atoms with Gasteiger partial charge in [-0.15, -0.1) is 11.3 Å². The lowest BCUT2D eigenvalue weighted by atomic mass is 9.98. The number of thiazole rings is 1. The zero-order valence-electron chi connectivity index (χ0n) is 19.5. The Labute approximate surface area is 210 Å². The molecule has 0 saturated heterocycles. The summed E-state index contributed by atoms with van der Waals surface area (Å²) < 4.78 is 23.6. The molecule has 0 aliphatic heterocycles. The van der Waals surface area contributed by atoms with Gasteiger partial charge in [-0.2, -0.15) is 0 Å². The van der Waals surface area contributed by atoms with Gasteiger partial charge in [0.15, 0.2) is 20.9 Å². The maximum Gasteiger partial charge on any atom is 0.213 e. The number of amides is 1. The first-order valence-corrected chi connectivity index (χ1v) is 13.9. The number of hydrogen-bond acceptors (Lipinski definition) is 6. The molecule has 0 aromatic carbocycles. The molecule has 0 saturated carbocycles. The van der Waals surface area contributed by atoms with Gasteiger partial charge in [0.2, 0.25) is 6.41 Å². The second-order valence-corrected chi connectivity index (χ2v) is 11.2. The first kappa shape index (κ1) is 26.2. The molecule has 1 amide bonds. The Hall–Kier alpha value is -3.42. The molecule has 35 heavy (non-hydrogen) atoms. The molecule has 0 bridgehead atoms. The van der Waals surface area contributed by atoms with E-state index in [0.29, 0.717) is 41.4 Å². The fourth-order valence-corrected chi connectivity index (χ4v) is 5.24. The number of carbonyl (C=O) groups excluding carboxylic acids is 1. The van der Waals surface area contributed by atoms with E-state index in [-0.39, 0.29) is 11.9 Å². The lowest BCUT2D eigenvalue weighted by molar-refractivity contribution is -0.105. The fraction of sp³-hybridized carbons (Fsp3) is 0.320. The summed E-state index contributed by atoms with van der Waals surface area (Å²) >= 11 is 1.47. The Kier molecular flexibility index (Phi) is 9.23. The Morgan fingerprint density at radius 3 is 2.86 bits per heavy atom. The van der Waals surface area contributed by atoms with E-state index in [1.54, 1.807) is 12.2 Å². The molecule has 1 aromatic heterocycles. The van der Waals surface area contributed by atoms with Gasteiger partial charge in [0.1, 0.15) is 0 Å². The summed E-state index contributed by atoms with van der Waals surface area (Å²) in [6.07, 6.45) is 18.9. The maximum atomic E-state index is 11.8. The zero-order chi connectivity index (χ0) is 25.3. The van der Waals surface area contributed by atoms with Gasteiger partial charge in [-0.3, -0.25) is 4.79 Å². The SMILES string of the molecule is CS(=O)(=O)C1=CC=C(CCc2sc(NC=O)nc2CCC2C#CC/C=C(N=C(N)N)\C=C/2)CC=C1.